The van der Waals surface area contributed by atoms with Gasteiger partial charge in [0.05, 0.1) is 11.0 Å². The van der Waals surface area contributed by atoms with Crippen LogP contribution in [0.2, 0.25) is 0 Å². The number of rotatable bonds is 3. The van der Waals surface area contributed by atoms with Crippen molar-refractivity contribution in [3.63, 3.8) is 0 Å². The lowest BCUT2D eigenvalue weighted by atomic mass is 9.83. The topological polar surface area (TPSA) is 48.6 Å². The second kappa shape index (κ2) is 3.81. The van der Waals surface area contributed by atoms with Gasteiger partial charge >= 0.3 is 5.69 Å². The molecule has 0 amide bonds. The molecule has 90 valence electrons. The van der Waals surface area contributed by atoms with Crippen LogP contribution in [0.15, 0.2) is 23.0 Å². The van der Waals surface area contributed by atoms with Gasteiger partial charge in [-0.05, 0) is 29.5 Å². The third kappa shape index (κ3) is 2.18. The van der Waals surface area contributed by atoms with Gasteiger partial charge in [-0.15, -0.1) is 0 Å². The third-order valence-corrected chi connectivity index (χ3v) is 3.22. The van der Waals surface area contributed by atoms with Gasteiger partial charge in [0, 0.05) is 2.85 Å². The van der Waals surface area contributed by atoms with Gasteiger partial charge in [0.25, 0.3) is 0 Å². The number of nitrogens with one attached hydrogen (secondary N) is 2. The molecule has 0 radical (unpaired) electrons. The minimum atomic E-state index is -0.137. The van der Waals surface area contributed by atoms with Gasteiger partial charge in [-0.1, -0.05) is 33.3 Å². The van der Waals surface area contributed by atoms with E-state index < -0.39 is 0 Å². The Hall–Kier alpha value is -1.51. The molecule has 0 fully saturated rings. The summed E-state index contributed by atoms with van der Waals surface area (Å²) in [6.07, 6.45) is 2.18. The summed E-state index contributed by atoms with van der Waals surface area (Å²) in [4.78, 5) is 16.7. The lowest BCUT2D eigenvalue weighted by molar-refractivity contribution is 0.349. The molecule has 0 aliphatic rings. The highest BCUT2D eigenvalue weighted by Gasteiger charge is 2.15. The Kier molecular flexibility index (Phi) is 2.62. The zero-order chi connectivity index (χ0) is 11.8. The third-order valence-electron chi connectivity index (χ3n) is 3.22. The van der Waals surface area contributed by atoms with Crippen LogP contribution >= 0.6 is 0 Å². The van der Waals surface area contributed by atoms with Crippen LogP contribution in [0.25, 0.3) is 11.0 Å². The van der Waals surface area contributed by atoms with E-state index in [0.717, 1.165) is 23.9 Å². The summed E-state index contributed by atoms with van der Waals surface area (Å²) in [5.41, 5.74) is 3.22. The molecule has 0 unspecified atom stereocenters. The zero-order valence-electron chi connectivity index (χ0n) is 10.1. The minimum Gasteiger partial charge on any atom is -0.306 e. The number of hydrogen-bond acceptors (Lipinski definition) is 1. The molecule has 2 aromatic rings. The number of benzene rings is 1. The molecule has 0 saturated heterocycles. The van der Waals surface area contributed by atoms with E-state index in [1.165, 1.54) is 5.56 Å². The van der Waals surface area contributed by atoms with Crippen molar-refractivity contribution in [1.82, 2.24) is 9.97 Å². The van der Waals surface area contributed by atoms with Crippen molar-refractivity contribution in [2.75, 3.05) is 0 Å². The number of H-pyrrole nitrogens is 2. The summed E-state index contributed by atoms with van der Waals surface area (Å²) in [6, 6.07) is 6.11. The SMILES string of the molecule is CCC(C)(C)Cc1ccc2[nH]c(=O)[nH]c2c1.[HH].[HH]. The number of fused-ring (bicyclic) bond motifs is 1. The lowest BCUT2D eigenvalue weighted by Gasteiger charge is -2.22. The van der Waals surface area contributed by atoms with Crippen LogP contribution in [0.3, 0.4) is 0 Å². The van der Waals surface area contributed by atoms with Gasteiger partial charge in [0.2, 0.25) is 0 Å². The van der Waals surface area contributed by atoms with Crippen molar-refractivity contribution < 1.29 is 2.85 Å². The predicted octanol–water partition coefficient (Wildman–Crippen LogP) is 3.33. The van der Waals surface area contributed by atoms with Gasteiger partial charge in [-0.2, -0.15) is 0 Å². The Balaban J connectivity index is 0.00000144. The fourth-order valence-corrected chi connectivity index (χ4v) is 1.87. The number of aromatic nitrogens is 2. The largest absolute Gasteiger partial charge is 0.323 e. The first kappa shape index (κ1) is 11.0. The zero-order valence-corrected chi connectivity index (χ0v) is 10.1. The van der Waals surface area contributed by atoms with Gasteiger partial charge in [-0.25, -0.2) is 4.79 Å². The number of imidazole rings is 1. The summed E-state index contributed by atoms with van der Waals surface area (Å²) in [5, 5.41) is 0. The van der Waals surface area contributed by atoms with Crippen molar-refractivity contribution in [2.45, 2.75) is 33.6 Å². The lowest BCUT2D eigenvalue weighted by Crippen LogP contribution is -2.13. The Morgan fingerprint density at radius 1 is 1.25 bits per heavy atom. The summed E-state index contributed by atoms with van der Waals surface area (Å²) >= 11 is 0. The molecule has 0 aliphatic heterocycles. The fraction of sp³-hybridized carbons (Fsp3) is 0.462. The molecular weight excluding hydrogens is 200 g/mol. The van der Waals surface area contributed by atoms with Gasteiger partial charge in [0.15, 0.2) is 0 Å². The predicted molar refractivity (Wildman–Crippen MR) is 70.9 cm³/mol. The van der Waals surface area contributed by atoms with Crippen LogP contribution in [0, 0.1) is 5.41 Å². The van der Waals surface area contributed by atoms with Crippen molar-refractivity contribution in [3.8, 4) is 0 Å². The summed E-state index contributed by atoms with van der Waals surface area (Å²) in [6.45, 7) is 6.73. The molecule has 0 spiro atoms. The molecule has 3 heteroatoms. The van der Waals surface area contributed by atoms with E-state index in [1.807, 2.05) is 6.07 Å². The quantitative estimate of drug-likeness (QED) is 0.822. The van der Waals surface area contributed by atoms with E-state index in [-0.39, 0.29) is 8.54 Å². The van der Waals surface area contributed by atoms with E-state index in [4.69, 9.17) is 0 Å². The fourth-order valence-electron chi connectivity index (χ4n) is 1.87. The average molecular weight is 222 g/mol. The minimum absolute atomic E-state index is 0. The summed E-state index contributed by atoms with van der Waals surface area (Å²) < 4.78 is 0. The summed E-state index contributed by atoms with van der Waals surface area (Å²) in [5.74, 6) is 0. The first-order chi connectivity index (χ1) is 7.50. The molecule has 2 rings (SSSR count). The Bertz CT molecular complexity index is 557. The smallest absolute Gasteiger partial charge is 0.306 e. The van der Waals surface area contributed by atoms with Gasteiger partial charge in [0.1, 0.15) is 0 Å². The highest BCUT2D eigenvalue weighted by Crippen LogP contribution is 2.26. The Morgan fingerprint density at radius 2 is 1.94 bits per heavy atom. The second-order valence-electron chi connectivity index (χ2n) is 5.15. The van der Waals surface area contributed by atoms with Crippen molar-refractivity contribution in [1.29, 1.82) is 0 Å². The molecule has 0 aliphatic carbocycles. The number of aromatic amines is 2. The molecule has 0 saturated carbocycles. The Morgan fingerprint density at radius 3 is 2.62 bits per heavy atom. The molecule has 0 atom stereocenters. The van der Waals surface area contributed by atoms with Crippen LogP contribution < -0.4 is 5.69 Å². The maximum Gasteiger partial charge on any atom is 0.323 e. The monoisotopic (exact) mass is 222 g/mol. The first-order valence-electron chi connectivity index (χ1n) is 5.71. The van der Waals surface area contributed by atoms with Crippen LogP contribution in [0.4, 0.5) is 0 Å². The van der Waals surface area contributed by atoms with E-state index in [2.05, 4.69) is 42.9 Å². The molecule has 1 heterocycles. The van der Waals surface area contributed by atoms with Crippen LogP contribution in [0.1, 0.15) is 35.6 Å². The highest BCUT2D eigenvalue weighted by molar-refractivity contribution is 5.75. The summed E-state index contributed by atoms with van der Waals surface area (Å²) in [7, 11) is 0. The van der Waals surface area contributed by atoms with Gasteiger partial charge < -0.3 is 9.97 Å². The van der Waals surface area contributed by atoms with Crippen molar-refractivity contribution in [2.24, 2.45) is 5.41 Å². The van der Waals surface area contributed by atoms with Crippen LogP contribution in [-0.2, 0) is 6.42 Å². The molecule has 1 aromatic heterocycles. The average Bonchev–Trinajstić information content (AvgIpc) is 2.57. The van der Waals surface area contributed by atoms with E-state index >= 15 is 0 Å². The molecule has 16 heavy (non-hydrogen) atoms. The number of hydrogen-bond donors (Lipinski definition) is 2. The molecule has 2 N–H and O–H groups in total. The second-order valence-corrected chi connectivity index (χ2v) is 5.15. The normalized spacial score (nSPS) is 12.2. The highest BCUT2D eigenvalue weighted by atomic mass is 16.1. The molecule has 1 aromatic carbocycles. The van der Waals surface area contributed by atoms with E-state index in [9.17, 15) is 4.79 Å². The van der Waals surface area contributed by atoms with Crippen LogP contribution in [-0.4, -0.2) is 9.97 Å². The molecule has 0 bridgehead atoms. The standard InChI is InChI=1S/C13H18N2O.2H2/c1-4-13(2,3)8-9-5-6-10-11(7-9)15-12(16)14-10;;/h5-7H,4,8H2,1-3H3,(H2,14,15,16);2*1H. The van der Waals surface area contributed by atoms with Crippen LogP contribution in [0.5, 0.6) is 0 Å². The maximum absolute atomic E-state index is 11.1. The molecular formula is C13H22N2O. The molecule has 3 nitrogen and oxygen atoms in total. The first-order valence-corrected chi connectivity index (χ1v) is 5.71. The van der Waals surface area contributed by atoms with Crippen molar-refractivity contribution in [3.05, 3.63) is 34.2 Å². The van der Waals surface area contributed by atoms with E-state index in [0.29, 0.717) is 5.41 Å². The maximum atomic E-state index is 11.1. The van der Waals surface area contributed by atoms with Gasteiger partial charge in [-0.3, -0.25) is 0 Å². The van der Waals surface area contributed by atoms with Crippen molar-refractivity contribution >= 4 is 11.0 Å². The Labute approximate surface area is 97.9 Å². The van der Waals surface area contributed by atoms with E-state index in [1.54, 1.807) is 0 Å².